The quantitative estimate of drug-likeness (QED) is 0.558. The molecular formula is C7H4FNO2S2. The van der Waals surface area contributed by atoms with Crippen molar-refractivity contribution in [1.29, 1.82) is 0 Å². The summed E-state index contributed by atoms with van der Waals surface area (Å²) >= 11 is 4.16. The lowest BCUT2D eigenvalue weighted by Crippen LogP contribution is -1.95. The number of halogens is 1. The van der Waals surface area contributed by atoms with Gasteiger partial charge in [-0.2, -0.15) is 8.42 Å². The third-order valence-electron chi connectivity index (χ3n) is 1.27. The predicted molar refractivity (Wildman–Crippen MR) is 48.6 cm³/mol. The van der Waals surface area contributed by atoms with Crippen LogP contribution in [-0.2, 0) is 10.0 Å². The monoisotopic (exact) mass is 217 g/mol. The highest BCUT2D eigenvalue weighted by Crippen LogP contribution is 2.11. The Kier molecular flexibility index (Phi) is 2.87. The molecule has 68 valence electrons. The lowest BCUT2D eigenvalue weighted by atomic mass is 10.4. The highest BCUT2D eigenvalue weighted by atomic mass is 32.2. The molecule has 0 aliphatic rings. The molecule has 1 aromatic carbocycles. The van der Waals surface area contributed by atoms with Crippen LogP contribution in [0.15, 0.2) is 33.6 Å². The lowest BCUT2D eigenvalue weighted by molar-refractivity contribution is 0.597. The summed E-state index contributed by atoms with van der Waals surface area (Å²) in [7, 11) is -3.78. The Hall–Kier alpha value is -1.10. The van der Waals surface area contributed by atoms with E-state index in [0.717, 1.165) is 24.3 Å². The third kappa shape index (κ3) is 2.42. The zero-order valence-electron chi connectivity index (χ0n) is 6.27. The molecule has 0 radical (unpaired) electrons. The van der Waals surface area contributed by atoms with Crippen LogP contribution < -0.4 is 0 Å². The molecule has 0 N–H and O–H groups in total. The number of rotatable bonds is 2. The van der Waals surface area contributed by atoms with E-state index >= 15 is 0 Å². The van der Waals surface area contributed by atoms with Gasteiger partial charge in [0, 0.05) is 0 Å². The van der Waals surface area contributed by atoms with Crippen molar-refractivity contribution in [1.82, 2.24) is 0 Å². The van der Waals surface area contributed by atoms with E-state index in [4.69, 9.17) is 0 Å². The summed E-state index contributed by atoms with van der Waals surface area (Å²) in [6.07, 6.45) is 0. The van der Waals surface area contributed by atoms with E-state index in [2.05, 4.69) is 16.6 Å². The van der Waals surface area contributed by atoms with Crippen LogP contribution in [0.1, 0.15) is 0 Å². The molecule has 0 aromatic heterocycles. The Morgan fingerprint density at radius 1 is 1.31 bits per heavy atom. The molecule has 0 amide bonds. The summed E-state index contributed by atoms with van der Waals surface area (Å²) in [5.41, 5.74) is 0. The van der Waals surface area contributed by atoms with Gasteiger partial charge in [0.2, 0.25) is 0 Å². The number of hydrogen-bond acceptors (Lipinski definition) is 3. The Morgan fingerprint density at radius 3 is 2.31 bits per heavy atom. The van der Waals surface area contributed by atoms with Gasteiger partial charge in [-0.1, -0.05) is 0 Å². The average molecular weight is 217 g/mol. The minimum Gasteiger partial charge on any atom is -0.207 e. The summed E-state index contributed by atoms with van der Waals surface area (Å²) in [6.45, 7) is 0. The standard InChI is InChI=1S/C7H4FNO2S2/c8-6-1-3-7(4-2-6)13(10,11)9-5-12/h1-4H. The molecular weight excluding hydrogens is 213 g/mol. The average Bonchev–Trinajstić information content (AvgIpc) is 2.05. The second-order valence-electron chi connectivity index (χ2n) is 2.11. The van der Waals surface area contributed by atoms with Gasteiger partial charge in [0.1, 0.15) is 5.82 Å². The predicted octanol–water partition coefficient (Wildman–Crippen LogP) is 1.62. The molecule has 0 fully saturated rings. The van der Waals surface area contributed by atoms with Gasteiger partial charge in [-0.05, 0) is 36.5 Å². The Morgan fingerprint density at radius 2 is 1.85 bits per heavy atom. The summed E-state index contributed by atoms with van der Waals surface area (Å²) < 4.78 is 37.6. The Bertz CT molecular complexity index is 446. The van der Waals surface area contributed by atoms with Gasteiger partial charge in [0.15, 0.2) is 0 Å². The maximum atomic E-state index is 12.4. The summed E-state index contributed by atoms with van der Waals surface area (Å²) in [5, 5.41) is 1.75. The van der Waals surface area contributed by atoms with Crippen molar-refractivity contribution in [3.63, 3.8) is 0 Å². The molecule has 0 saturated heterocycles. The Labute approximate surface area is 80.0 Å². The van der Waals surface area contributed by atoms with E-state index in [1.807, 2.05) is 0 Å². The van der Waals surface area contributed by atoms with E-state index in [9.17, 15) is 12.8 Å². The van der Waals surface area contributed by atoms with Crippen molar-refractivity contribution < 1.29 is 12.8 Å². The van der Waals surface area contributed by atoms with E-state index in [-0.39, 0.29) is 4.90 Å². The SMILES string of the molecule is O=S(=O)(N=C=S)c1ccc(F)cc1. The van der Waals surface area contributed by atoms with Gasteiger partial charge in [-0.25, -0.2) is 4.39 Å². The largest absolute Gasteiger partial charge is 0.290 e. The van der Waals surface area contributed by atoms with E-state index in [1.165, 1.54) is 0 Å². The van der Waals surface area contributed by atoms with Crippen LogP contribution in [0, 0.1) is 5.82 Å². The number of thiocarbonyl (C=S) groups is 1. The minimum atomic E-state index is -3.78. The van der Waals surface area contributed by atoms with Crippen molar-refractivity contribution in [2.24, 2.45) is 4.40 Å². The molecule has 0 bridgehead atoms. The molecule has 0 aliphatic carbocycles. The molecule has 6 heteroatoms. The number of sulfonamides is 1. The van der Waals surface area contributed by atoms with Gasteiger partial charge < -0.3 is 0 Å². The zero-order chi connectivity index (χ0) is 9.90. The second-order valence-corrected chi connectivity index (χ2v) is 3.90. The van der Waals surface area contributed by atoms with Crippen LogP contribution in [0.2, 0.25) is 0 Å². The first kappa shape index (κ1) is 9.98. The first-order chi connectivity index (χ1) is 6.06. The van der Waals surface area contributed by atoms with Crippen LogP contribution in [0.25, 0.3) is 0 Å². The molecule has 0 heterocycles. The van der Waals surface area contributed by atoms with Crippen molar-refractivity contribution >= 4 is 27.4 Å². The van der Waals surface area contributed by atoms with Crippen LogP contribution in [0.5, 0.6) is 0 Å². The van der Waals surface area contributed by atoms with Crippen LogP contribution in [-0.4, -0.2) is 13.6 Å². The first-order valence-corrected chi connectivity index (χ1v) is 5.01. The van der Waals surface area contributed by atoms with Crippen molar-refractivity contribution in [3.8, 4) is 0 Å². The van der Waals surface area contributed by atoms with Crippen molar-refractivity contribution in [2.75, 3.05) is 0 Å². The fourth-order valence-corrected chi connectivity index (χ4v) is 1.69. The third-order valence-corrected chi connectivity index (χ3v) is 2.68. The number of benzene rings is 1. The molecule has 0 spiro atoms. The normalized spacial score (nSPS) is 10.5. The fraction of sp³-hybridized carbons (Fsp3) is 0. The number of nitrogens with zero attached hydrogens (tertiary/aromatic N) is 1. The topological polar surface area (TPSA) is 46.5 Å². The van der Waals surface area contributed by atoms with Gasteiger partial charge in [-0.15, -0.1) is 4.40 Å². The molecule has 13 heavy (non-hydrogen) atoms. The van der Waals surface area contributed by atoms with E-state index < -0.39 is 15.8 Å². The summed E-state index contributed by atoms with van der Waals surface area (Å²) in [5.74, 6) is -0.509. The van der Waals surface area contributed by atoms with Gasteiger partial charge in [0.05, 0.1) is 10.1 Å². The van der Waals surface area contributed by atoms with E-state index in [0.29, 0.717) is 0 Å². The molecule has 0 saturated carbocycles. The lowest BCUT2D eigenvalue weighted by Gasteiger charge is -1.94. The minimum absolute atomic E-state index is 0.105. The second kappa shape index (κ2) is 3.74. The maximum Gasteiger partial charge on any atom is 0.290 e. The highest BCUT2D eigenvalue weighted by molar-refractivity contribution is 7.91. The highest BCUT2D eigenvalue weighted by Gasteiger charge is 2.10. The number of isothiocyanates is 1. The molecule has 0 aliphatic heterocycles. The van der Waals surface area contributed by atoms with Crippen LogP contribution in [0.3, 0.4) is 0 Å². The first-order valence-electron chi connectivity index (χ1n) is 3.16. The maximum absolute atomic E-state index is 12.4. The van der Waals surface area contributed by atoms with E-state index in [1.54, 1.807) is 5.16 Å². The zero-order valence-corrected chi connectivity index (χ0v) is 7.90. The van der Waals surface area contributed by atoms with Crippen molar-refractivity contribution in [3.05, 3.63) is 30.1 Å². The van der Waals surface area contributed by atoms with Gasteiger partial charge in [0.25, 0.3) is 10.0 Å². The molecule has 0 unspecified atom stereocenters. The fourth-order valence-electron chi connectivity index (χ4n) is 0.708. The number of hydrogen-bond donors (Lipinski definition) is 0. The molecule has 0 atom stereocenters. The van der Waals surface area contributed by atoms with Gasteiger partial charge in [-0.3, -0.25) is 0 Å². The molecule has 3 nitrogen and oxygen atoms in total. The summed E-state index contributed by atoms with van der Waals surface area (Å²) in [6, 6.07) is 4.29. The van der Waals surface area contributed by atoms with Crippen LogP contribution in [0.4, 0.5) is 4.39 Å². The van der Waals surface area contributed by atoms with Gasteiger partial charge >= 0.3 is 0 Å². The molecule has 1 rings (SSSR count). The smallest absolute Gasteiger partial charge is 0.207 e. The summed E-state index contributed by atoms with van der Waals surface area (Å²) in [4.78, 5) is -0.105. The van der Waals surface area contributed by atoms with Crippen LogP contribution >= 0.6 is 12.2 Å². The van der Waals surface area contributed by atoms with Crippen molar-refractivity contribution in [2.45, 2.75) is 4.90 Å². The Balaban J connectivity index is 3.24. The molecule has 1 aromatic rings.